The predicted octanol–water partition coefficient (Wildman–Crippen LogP) is 4.60. The third-order valence-corrected chi connectivity index (χ3v) is 5.20. The fourth-order valence-corrected chi connectivity index (χ4v) is 4.13. The first-order valence-corrected chi connectivity index (χ1v) is 7.89. The second kappa shape index (κ2) is 4.94. The second-order valence-corrected chi connectivity index (χ2v) is 7.14. The number of hydrogen-bond donors (Lipinski definition) is 1. The first-order chi connectivity index (χ1) is 9.07. The highest BCUT2D eigenvalue weighted by molar-refractivity contribution is 5.30. The van der Waals surface area contributed by atoms with Crippen molar-refractivity contribution >= 4 is 0 Å². The molecule has 1 aromatic carbocycles. The summed E-state index contributed by atoms with van der Waals surface area (Å²) in [4.78, 5) is 0. The van der Waals surface area contributed by atoms with Gasteiger partial charge in [-0.1, -0.05) is 44.5 Å². The van der Waals surface area contributed by atoms with Crippen LogP contribution in [0.4, 0.5) is 0 Å². The van der Waals surface area contributed by atoms with Crippen LogP contribution in [0, 0.1) is 11.8 Å². The zero-order valence-electron chi connectivity index (χ0n) is 12.2. The Morgan fingerprint density at radius 2 is 1.58 bits per heavy atom. The lowest BCUT2D eigenvalue weighted by Gasteiger charge is -2.39. The number of rotatable bonds is 2. The van der Waals surface area contributed by atoms with Gasteiger partial charge in [-0.05, 0) is 61.0 Å². The molecule has 0 aromatic heterocycles. The molecule has 19 heavy (non-hydrogen) atoms. The van der Waals surface area contributed by atoms with Gasteiger partial charge in [-0.15, -0.1) is 0 Å². The number of benzene rings is 1. The standard InChI is InChI=1S/C18H26O/c1-13-10-14(2)12-18(19,11-13)17-8-6-16(7-9-17)15-4-3-5-15/h6-9,13-15,19H,3-5,10-12H2,1-2H3. The molecule has 2 atom stereocenters. The van der Waals surface area contributed by atoms with Gasteiger partial charge in [0.15, 0.2) is 0 Å². The van der Waals surface area contributed by atoms with Crippen LogP contribution in [-0.2, 0) is 5.60 Å². The summed E-state index contributed by atoms with van der Waals surface area (Å²) in [5, 5.41) is 11.0. The van der Waals surface area contributed by atoms with E-state index in [9.17, 15) is 5.11 Å². The molecule has 0 heterocycles. The van der Waals surface area contributed by atoms with Gasteiger partial charge < -0.3 is 5.11 Å². The van der Waals surface area contributed by atoms with Crippen molar-refractivity contribution < 1.29 is 5.11 Å². The van der Waals surface area contributed by atoms with E-state index in [4.69, 9.17) is 0 Å². The molecule has 2 unspecified atom stereocenters. The van der Waals surface area contributed by atoms with Crippen molar-refractivity contribution in [2.24, 2.45) is 11.8 Å². The molecule has 0 radical (unpaired) electrons. The lowest BCUT2D eigenvalue weighted by molar-refractivity contribution is -0.0363. The maximum Gasteiger partial charge on any atom is 0.0901 e. The smallest absolute Gasteiger partial charge is 0.0901 e. The monoisotopic (exact) mass is 258 g/mol. The van der Waals surface area contributed by atoms with Crippen LogP contribution in [0.25, 0.3) is 0 Å². The van der Waals surface area contributed by atoms with Crippen LogP contribution in [0.5, 0.6) is 0 Å². The molecule has 0 saturated heterocycles. The average molecular weight is 258 g/mol. The van der Waals surface area contributed by atoms with E-state index >= 15 is 0 Å². The Kier molecular flexibility index (Phi) is 3.42. The Morgan fingerprint density at radius 1 is 1.00 bits per heavy atom. The first-order valence-electron chi connectivity index (χ1n) is 7.89. The third-order valence-electron chi connectivity index (χ3n) is 5.20. The highest BCUT2D eigenvalue weighted by atomic mass is 16.3. The number of hydrogen-bond acceptors (Lipinski definition) is 1. The largest absolute Gasteiger partial charge is 0.385 e. The van der Waals surface area contributed by atoms with Crippen molar-refractivity contribution in [3.8, 4) is 0 Å². The Morgan fingerprint density at radius 3 is 2.05 bits per heavy atom. The molecule has 3 rings (SSSR count). The minimum Gasteiger partial charge on any atom is -0.385 e. The molecule has 0 amide bonds. The molecule has 104 valence electrons. The Balaban J connectivity index is 1.80. The van der Waals surface area contributed by atoms with Crippen LogP contribution in [0.2, 0.25) is 0 Å². The Hall–Kier alpha value is -0.820. The fraction of sp³-hybridized carbons (Fsp3) is 0.667. The van der Waals surface area contributed by atoms with Gasteiger partial charge in [0.25, 0.3) is 0 Å². The lowest BCUT2D eigenvalue weighted by Crippen LogP contribution is -2.35. The molecule has 1 aromatic rings. The van der Waals surface area contributed by atoms with Crippen molar-refractivity contribution in [3.63, 3.8) is 0 Å². The summed E-state index contributed by atoms with van der Waals surface area (Å²) in [6.07, 6.45) is 7.16. The van der Waals surface area contributed by atoms with Crippen molar-refractivity contribution in [2.45, 2.75) is 63.9 Å². The van der Waals surface area contributed by atoms with Crippen LogP contribution >= 0.6 is 0 Å². The van der Waals surface area contributed by atoms with E-state index in [-0.39, 0.29) is 0 Å². The second-order valence-electron chi connectivity index (χ2n) is 7.14. The van der Waals surface area contributed by atoms with Crippen molar-refractivity contribution in [2.75, 3.05) is 0 Å². The summed E-state index contributed by atoms with van der Waals surface area (Å²) in [5.74, 6) is 2.04. The van der Waals surface area contributed by atoms with Crippen LogP contribution in [0.1, 0.15) is 69.4 Å². The SMILES string of the molecule is CC1CC(C)CC(O)(c2ccc(C3CCC3)cc2)C1. The summed E-state index contributed by atoms with van der Waals surface area (Å²) in [7, 11) is 0. The minimum atomic E-state index is -0.588. The zero-order valence-corrected chi connectivity index (χ0v) is 12.2. The van der Waals surface area contributed by atoms with Crippen LogP contribution in [0.3, 0.4) is 0 Å². The van der Waals surface area contributed by atoms with Crippen molar-refractivity contribution in [3.05, 3.63) is 35.4 Å². The molecule has 2 fully saturated rings. The quantitative estimate of drug-likeness (QED) is 0.822. The molecular weight excluding hydrogens is 232 g/mol. The maximum absolute atomic E-state index is 11.0. The molecule has 2 saturated carbocycles. The van der Waals surface area contributed by atoms with E-state index in [1.165, 1.54) is 31.2 Å². The van der Waals surface area contributed by atoms with E-state index in [1.807, 2.05) is 0 Å². The van der Waals surface area contributed by atoms with E-state index in [1.54, 1.807) is 0 Å². The van der Waals surface area contributed by atoms with Gasteiger partial charge in [-0.3, -0.25) is 0 Å². The highest BCUT2D eigenvalue weighted by Crippen LogP contribution is 2.43. The molecule has 2 aliphatic rings. The molecule has 0 aliphatic heterocycles. The molecule has 1 N–H and O–H groups in total. The van der Waals surface area contributed by atoms with Gasteiger partial charge in [-0.25, -0.2) is 0 Å². The van der Waals surface area contributed by atoms with Gasteiger partial charge in [-0.2, -0.15) is 0 Å². The third kappa shape index (κ3) is 2.58. The molecule has 2 aliphatic carbocycles. The maximum atomic E-state index is 11.0. The van der Waals surface area contributed by atoms with E-state index in [2.05, 4.69) is 38.1 Å². The highest BCUT2D eigenvalue weighted by Gasteiger charge is 2.37. The average Bonchev–Trinajstić information content (AvgIpc) is 2.25. The summed E-state index contributed by atoms with van der Waals surface area (Å²) in [6, 6.07) is 8.86. The summed E-state index contributed by atoms with van der Waals surface area (Å²) >= 11 is 0. The normalized spacial score (nSPS) is 35.9. The van der Waals surface area contributed by atoms with Gasteiger partial charge in [0, 0.05) is 0 Å². The van der Waals surface area contributed by atoms with Crippen molar-refractivity contribution in [1.82, 2.24) is 0 Å². The lowest BCUT2D eigenvalue weighted by atomic mass is 9.70. The molecule has 0 spiro atoms. The molecule has 1 heteroatoms. The molecular formula is C18H26O. The van der Waals surface area contributed by atoms with Crippen LogP contribution in [-0.4, -0.2) is 5.11 Å². The van der Waals surface area contributed by atoms with Crippen LogP contribution in [0.15, 0.2) is 24.3 Å². The fourth-order valence-electron chi connectivity index (χ4n) is 4.13. The van der Waals surface area contributed by atoms with Gasteiger partial charge in [0.05, 0.1) is 5.60 Å². The van der Waals surface area contributed by atoms with E-state index in [0.717, 1.165) is 24.3 Å². The summed E-state index contributed by atoms with van der Waals surface area (Å²) in [6.45, 7) is 4.53. The van der Waals surface area contributed by atoms with Gasteiger partial charge in [0.1, 0.15) is 0 Å². The molecule has 1 nitrogen and oxygen atoms in total. The Bertz CT molecular complexity index is 420. The zero-order chi connectivity index (χ0) is 13.5. The van der Waals surface area contributed by atoms with Crippen LogP contribution < -0.4 is 0 Å². The van der Waals surface area contributed by atoms with Gasteiger partial charge in [0.2, 0.25) is 0 Å². The van der Waals surface area contributed by atoms with E-state index < -0.39 is 5.60 Å². The molecule has 0 bridgehead atoms. The topological polar surface area (TPSA) is 20.2 Å². The minimum absolute atomic E-state index is 0.588. The summed E-state index contributed by atoms with van der Waals surface area (Å²) in [5.41, 5.74) is 2.01. The van der Waals surface area contributed by atoms with E-state index in [0.29, 0.717) is 11.8 Å². The number of aliphatic hydroxyl groups is 1. The van der Waals surface area contributed by atoms with Crippen molar-refractivity contribution in [1.29, 1.82) is 0 Å². The first kappa shape index (κ1) is 13.2. The Labute approximate surface area is 117 Å². The summed E-state index contributed by atoms with van der Waals surface area (Å²) < 4.78 is 0. The predicted molar refractivity (Wildman–Crippen MR) is 79.1 cm³/mol. The van der Waals surface area contributed by atoms with Gasteiger partial charge >= 0.3 is 0 Å².